The Labute approximate surface area is 141 Å². The molecule has 0 saturated carbocycles. The normalized spacial score (nSPS) is 10.8. The van der Waals surface area contributed by atoms with Crippen LogP contribution in [0, 0.1) is 0 Å². The van der Waals surface area contributed by atoms with Crippen molar-refractivity contribution < 1.29 is 0 Å². The van der Waals surface area contributed by atoms with Gasteiger partial charge in [0.15, 0.2) is 11.0 Å². The van der Waals surface area contributed by atoms with E-state index in [0.717, 1.165) is 32.5 Å². The lowest BCUT2D eigenvalue weighted by molar-refractivity contribution is 0.794. The van der Waals surface area contributed by atoms with E-state index in [9.17, 15) is 0 Å². The average molecular weight is 375 g/mol. The van der Waals surface area contributed by atoms with E-state index >= 15 is 0 Å². The number of benzene rings is 2. The van der Waals surface area contributed by atoms with Crippen LogP contribution in [0.4, 0.5) is 5.69 Å². The maximum atomic E-state index is 5.72. The van der Waals surface area contributed by atoms with E-state index in [1.54, 1.807) is 11.8 Å². The molecule has 6 heteroatoms. The molecule has 0 saturated heterocycles. The van der Waals surface area contributed by atoms with Gasteiger partial charge < -0.3 is 10.3 Å². The Morgan fingerprint density at radius 2 is 1.73 bits per heavy atom. The van der Waals surface area contributed by atoms with Crippen LogP contribution < -0.4 is 5.73 Å². The summed E-state index contributed by atoms with van der Waals surface area (Å²) in [6, 6.07) is 16.0. The third-order valence-electron chi connectivity index (χ3n) is 3.28. The number of aromatic nitrogens is 3. The Balaban J connectivity index is 1.75. The largest absolute Gasteiger partial charge is 0.399 e. The molecule has 112 valence electrons. The highest BCUT2D eigenvalue weighted by Gasteiger charge is 2.11. The zero-order chi connectivity index (χ0) is 15.5. The maximum absolute atomic E-state index is 5.72. The van der Waals surface area contributed by atoms with Gasteiger partial charge in [-0.2, -0.15) is 0 Å². The Morgan fingerprint density at radius 1 is 1.05 bits per heavy atom. The van der Waals surface area contributed by atoms with E-state index in [2.05, 4.69) is 38.3 Å². The zero-order valence-corrected chi connectivity index (χ0v) is 14.4. The number of nitrogens with two attached hydrogens (primary N) is 1. The molecule has 0 atom stereocenters. The molecular weight excluding hydrogens is 360 g/mol. The first-order valence-electron chi connectivity index (χ1n) is 6.76. The summed E-state index contributed by atoms with van der Waals surface area (Å²) in [5.74, 6) is 1.71. The van der Waals surface area contributed by atoms with Gasteiger partial charge in [0.05, 0.1) is 0 Å². The summed E-state index contributed by atoms with van der Waals surface area (Å²) in [5.41, 5.74) is 8.73. The molecule has 3 rings (SSSR count). The van der Waals surface area contributed by atoms with Gasteiger partial charge in [0, 0.05) is 28.5 Å². The van der Waals surface area contributed by atoms with Crippen molar-refractivity contribution in [1.29, 1.82) is 0 Å². The first kappa shape index (κ1) is 15.1. The predicted molar refractivity (Wildman–Crippen MR) is 94.6 cm³/mol. The van der Waals surface area contributed by atoms with Crippen LogP contribution in [0.15, 0.2) is 58.2 Å². The SMILES string of the molecule is Cn1c(SCc2ccc(Br)cc2)nnc1-c1ccc(N)cc1. The fourth-order valence-corrected chi connectivity index (χ4v) is 3.18. The van der Waals surface area contributed by atoms with Gasteiger partial charge in [-0.05, 0) is 42.0 Å². The third kappa shape index (κ3) is 3.34. The second kappa shape index (κ2) is 6.54. The highest BCUT2D eigenvalue weighted by molar-refractivity contribution is 9.10. The van der Waals surface area contributed by atoms with Crippen molar-refractivity contribution in [2.24, 2.45) is 7.05 Å². The smallest absolute Gasteiger partial charge is 0.191 e. The van der Waals surface area contributed by atoms with Crippen LogP contribution in [-0.2, 0) is 12.8 Å². The molecule has 0 radical (unpaired) electrons. The van der Waals surface area contributed by atoms with E-state index < -0.39 is 0 Å². The topological polar surface area (TPSA) is 56.7 Å². The van der Waals surface area contributed by atoms with Crippen molar-refractivity contribution in [3.8, 4) is 11.4 Å². The lowest BCUT2D eigenvalue weighted by atomic mass is 10.2. The van der Waals surface area contributed by atoms with Crippen LogP contribution in [0.5, 0.6) is 0 Å². The number of hydrogen-bond acceptors (Lipinski definition) is 4. The Morgan fingerprint density at radius 3 is 2.41 bits per heavy atom. The predicted octanol–water partition coefficient (Wildman–Crippen LogP) is 4.12. The fraction of sp³-hybridized carbons (Fsp3) is 0.125. The van der Waals surface area contributed by atoms with Crippen molar-refractivity contribution in [3.05, 3.63) is 58.6 Å². The van der Waals surface area contributed by atoms with Gasteiger partial charge >= 0.3 is 0 Å². The van der Waals surface area contributed by atoms with Crippen LogP contribution in [0.25, 0.3) is 11.4 Å². The molecule has 0 unspecified atom stereocenters. The molecule has 0 spiro atoms. The van der Waals surface area contributed by atoms with E-state index in [1.807, 2.05) is 48.0 Å². The number of nitrogens with zero attached hydrogens (tertiary/aromatic N) is 3. The number of thioether (sulfide) groups is 1. The molecule has 22 heavy (non-hydrogen) atoms. The number of hydrogen-bond donors (Lipinski definition) is 1. The average Bonchev–Trinajstić information content (AvgIpc) is 2.89. The number of nitrogen functional groups attached to an aromatic ring is 1. The van der Waals surface area contributed by atoms with Crippen molar-refractivity contribution in [1.82, 2.24) is 14.8 Å². The summed E-state index contributed by atoms with van der Waals surface area (Å²) >= 11 is 5.12. The first-order valence-corrected chi connectivity index (χ1v) is 8.54. The van der Waals surface area contributed by atoms with Gasteiger partial charge in [-0.25, -0.2) is 0 Å². The van der Waals surface area contributed by atoms with Gasteiger partial charge in [-0.3, -0.25) is 0 Å². The molecule has 0 amide bonds. The molecular formula is C16H15BrN4S. The van der Waals surface area contributed by atoms with Gasteiger partial charge in [0.1, 0.15) is 0 Å². The van der Waals surface area contributed by atoms with Crippen LogP contribution in [-0.4, -0.2) is 14.8 Å². The van der Waals surface area contributed by atoms with Crippen molar-refractivity contribution in [2.45, 2.75) is 10.9 Å². The molecule has 0 aliphatic rings. The molecule has 1 aromatic heterocycles. The minimum atomic E-state index is 0.746. The molecule has 1 heterocycles. The minimum absolute atomic E-state index is 0.746. The van der Waals surface area contributed by atoms with Crippen LogP contribution in [0.1, 0.15) is 5.56 Å². The molecule has 4 nitrogen and oxygen atoms in total. The zero-order valence-electron chi connectivity index (χ0n) is 12.0. The lowest BCUT2D eigenvalue weighted by Gasteiger charge is -2.04. The molecule has 3 aromatic rings. The summed E-state index contributed by atoms with van der Waals surface area (Å²) in [6.45, 7) is 0. The minimum Gasteiger partial charge on any atom is -0.399 e. The highest BCUT2D eigenvalue weighted by Crippen LogP contribution is 2.26. The Hall–Kier alpha value is -1.79. The lowest BCUT2D eigenvalue weighted by Crippen LogP contribution is -1.95. The highest BCUT2D eigenvalue weighted by atomic mass is 79.9. The summed E-state index contributed by atoms with van der Waals surface area (Å²) in [6.07, 6.45) is 0. The second-order valence-corrected chi connectivity index (χ2v) is 6.76. The molecule has 0 aliphatic carbocycles. The van der Waals surface area contributed by atoms with Crippen molar-refractivity contribution >= 4 is 33.4 Å². The fourth-order valence-electron chi connectivity index (χ4n) is 2.05. The van der Waals surface area contributed by atoms with Gasteiger partial charge in [-0.15, -0.1) is 10.2 Å². The first-order chi connectivity index (χ1) is 10.6. The maximum Gasteiger partial charge on any atom is 0.191 e. The molecule has 0 bridgehead atoms. The standard InChI is InChI=1S/C16H15BrN4S/c1-21-15(12-4-8-14(18)9-5-12)19-20-16(21)22-10-11-2-6-13(17)7-3-11/h2-9H,10,18H2,1H3. The second-order valence-electron chi connectivity index (χ2n) is 4.90. The van der Waals surface area contributed by atoms with E-state index in [0.29, 0.717) is 0 Å². The molecule has 2 aromatic carbocycles. The summed E-state index contributed by atoms with van der Waals surface area (Å²) in [5, 5.41) is 9.47. The van der Waals surface area contributed by atoms with Crippen LogP contribution >= 0.6 is 27.7 Å². The summed E-state index contributed by atoms with van der Waals surface area (Å²) in [7, 11) is 1.98. The monoisotopic (exact) mass is 374 g/mol. The number of rotatable bonds is 4. The van der Waals surface area contributed by atoms with Crippen molar-refractivity contribution in [2.75, 3.05) is 5.73 Å². The van der Waals surface area contributed by atoms with E-state index in [1.165, 1.54) is 5.56 Å². The van der Waals surface area contributed by atoms with Crippen LogP contribution in [0.3, 0.4) is 0 Å². The van der Waals surface area contributed by atoms with E-state index in [-0.39, 0.29) is 0 Å². The molecule has 2 N–H and O–H groups in total. The number of anilines is 1. The molecule has 0 fully saturated rings. The Kier molecular flexibility index (Phi) is 4.49. The summed E-state index contributed by atoms with van der Waals surface area (Å²) < 4.78 is 3.10. The third-order valence-corrected chi connectivity index (χ3v) is 4.91. The quantitative estimate of drug-likeness (QED) is 0.551. The van der Waals surface area contributed by atoms with Gasteiger partial charge in [-0.1, -0.05) is 39.8 Å². The van der Waals surface area contributed by atoms with Crippen molar-refractivity contribution in [3.63, 3.8) is 0 Å². The Bertz CT molecular complexity index is 766. The van der Waals surface area contributed by atoms with Gasteiger partial charge in [0.2, 0.25) is 0 Å². The van der Waals surface area contributed by atoms with Gasteiger partial charge in [0.25, 0.3) is 0 Å². The number of halogens is 1. The van der Waals surface area contributed by atoms with Crippen LogP contribution in [0.2, 0.25) is 0 Å². The molecule has 0 aliphatic heterocycles. The van der Waals surface area contributed by atoms with E-state index in [4.69, 9.17) is 5.73 Å². The summed E-state index contributed by atoms with van der Waals surface area (Å²) in [4.78, 5) is 0.